The second kappa shape index (κ2) is 4.45. The fourth-order valence-corrected chi connectivity index (χ4v) is 0.918. The van der Waals surface area contributed by atoms with Crippen LogP contribution in [0.1, 0.15) is 6.92 Å². The number of pyridine rings is 1. The van der Waals surface area contributed by atoms with Crippen molar-refractivity contribution < 1.29 is 9.53 Å². The first-order chi connectivity index (χ1) is 6.22. The Morgan fingerprint density at radius 3 is 2.69 bits per heavy atom. The van der Waals surface area contributed by atoms with Gasteiger partial charge in [0.15, 0.2) is 0 Å². The molecule has 0 fully saturated rings. The van der Waals surface area contributed by atoms with Crippen LogP contribution in [0.5, 0.6) is 0 Å². The molecule has 4 heteroatoms. The first-order valence-electron chi connectivity index (χ1n) is 4.08. The molecule has 1 N–H and O–H groups in total. The zero-order valence-corrected chi connectivity index (χ0v) is 7.49. The molecule has 0 aliphatic rings. The van der Waals surface area contributed by atoms with Crippen LogP contribution in [0.15, 0.2) is 24.5 Å². The molecule has 0 amide bonds. The van der Waals surface area contributed by atoms with Gasteiger partial charge in [-0.1, -0.05) is 0 Å². The van der Waals surface area contributed by atoms with E-state index in [1.807, 2.05) is 0 Å². The number of rotatable bonds is 3. The van der Waals surface area contributed by atoms with Gasteiger partial charge in [-0.3, -0.25) is 4.79 Å². The highest BCUT2D eigenvalue weighted by Gasteiger charge is 1.99. The number of aromatic nitrogens is 1. The molecule has 0 atom stereocenters. The van der Waals surface area contributed by atoms with Gasteiger partial charge in [0.05, 0.1) is 12.0 Å². The van der Waals surface area contributed by atoms with Crippen molar-refractivity contribution in [3.63, 3.8) is 0 Å². The Kier molecular flexibility index (Phi) is 3.25. The molecule has 0 aliphatic heterocycles. The average molecular weight is 180 g/mol. The normalized spacial score (nSPS) is 9.62. The van der Waals surface area contributed by atoms with Crippen LogP contribution in [-0.4, -0.2) is 17.1 Å². The Balaban J connectivity index is 2.59. The second-order valence-electron chi connectivity index (χ2n) is 2.56. The summed E-state index contributed by atoms with van der Waals surface area (Å²) in [7, 11) is 0. The molecular weight excluding hydrogens is 168 g/mol. The highest BCUT2D eigenvalue weighted by Crippen LogP contribution is 1.87. The largest absolute Gasteiger partial charge is 0.465 e. The maximum absolute atomic E-state index is 11.0. The minimum atomic E-state index is -0.259. The van der Waals surface area contributed by atoms with Crippen molar-refractivity contribution in [1.29, 1.82) is 5.41 Å². The maximum Gasteiger partial charge on any atom is 0.325 e. The molecule has 1 rings (SSSR count). The number of ether oxygens (including phenoxy) is 1. The number of nitrogens with zero attached hydrogens (tertiary/aromatic N) is 1. The standard InChI is InChI=1S/C9H12N2O2/c1-2-13-9(12)7-11-5-3-8(10)4-6-11/h3-6,10H,2,7H2,1H3. The van der Waals surface area contributed by atoms with Crippen LogP contribution < -0.4 is 5.36 Å². The van der Waals surface area contributed by atoms with Gasteiger partial charge in [0.2, 0.25) is 0 Å². The van der Waals surface area contributed by atoms with Gasteiger partial charge in [-0.25, -0.2) is 0 Å². The van der Waals surface area contributed by atoms with Crippen LogP contribution >= 0.6 is 0 Å². The van der Waals surface area contributed by atoms with E-state index < -0.39 is 0 Å². The molecule has 0 saturated carbocycles. The highest BCUT2D eigenvalue weighted by atomic mass is 16.5. The SMILES string of the molecule is CCOC(=O)Cn1ccc(=N)cc1. The van der Waals surface area contributed by atoms with Gasteiger partial charge in [-0.15, -0.1) is 0 Å². The van der Waals surface area contributed by atoms with E-state index >= 15 is 0 Å². The quantitative estimate of drug-likeness (QED) is 0.690. The van der Waals surface area contributed by atoms with Gasteiger partial charge in [-0.05, 0) is 19.1 Å². The van der Waals surface area contributed by atoms with Crippen molar-refractivity contribution in [2.75, 3.05) is 6.61 Å². The molecule has 70 valence electrons. The minimum absolute atomic E-state index is 0.202. The lowest BCUT2D eigenvalue weighted by Gasteiger charge is -2.04. The summed E-state index contributed by atoms with van der Waals surface area (Å²) in [5.41, 5.74) is 0. The van der Waals surface area contributed by atoms with Crippen LogP contribution in [0.3, 0.4) is 0 Å². The molecule has 0 radical (unpaired) electrons. The average Bonchev–Trinajstić information content (AvgIpc) is 2.09. The van der Waals surface area contributed by atoms with E-state index in [1.54, 1.807) is 36.0 Å². The number of nitrogens with one attached hydrogen (secondary N) is 1. The fourth-order valence-electron chi connectivity index (χ4n) is 0.918. The van der Waals surface area contributed by atoms with Gasteiger partial charge in [-0.2, -0.15) is 0 Å². The maximum atomic E-state index is 11.0. The Hall–Kier alpha value is -1.58. The highest BCUT2D eigenvalue weighted by molar-refractivity contribution is 5.69. The molecule has 0 aliphatic carbocycles. The van der Waals surface area contributed by atoms with E-state index in [9.17, 15) is 4.79 Å². The van der Waals surface area contributed by atoms with Gasteiger partial charge in [0, 0.05) is 12.4 Å². The molecule has 4 nitrogen and oxygen atoms in total. The summed E-state index contributed by atoms with van der Waals surface area (Å²) in [5.74, 6) is -0.259. The number of esters is 1. The first-order valence-corrected chi connectivity index (χ1v) is 4.08. The zero-order chi connectivity index (χ0) is 9.68. The van der Waals surface area contributed by atoms with Crippen molar-refractivity contribution >= 4 is 5.97 Å². The van der Waals surface area contributed by atoms with Crippen molar-refractivity contribution in [2.24, 2.45) is 0 Å². The molecule has 1 heterocycles. The van der Waals surface area contributed by atoms with E-state index in [4.69, 9.17) is 10.1 Å². The van der Waals surface area contributed by atoms with Crippen LogP contribution in [0.2, 0.25) is 0 Å². The summed E-state index contributed by atoms with van der Waals surface area (Å²) >= 11 is 0. The Bertz CT molecular complexity index is 323. The molecule has 0 bridgehead atoms. The predicted octanol–water partition coefficient (Wildman–Crippen LogP) is 0.531. The third-order valence-corrected chi connectivity index (χ3v) is 1.51. The minimum Gasteiger partial charge on any atom is -0.465 e. The van der Waals surface area contributed by atoms with E-state index in [-0.39, 0.29) is 12.5 Å². The summed E-state index contributed by atoms with van der Waals surface area (Å²) in [6.07, 6.45) is 3.36. The zero-order valence-electron chi connectivity index (χ0n) is 7.49. The number of hydrogen-bond donors (Lipinski definition) is 1. The van der Waals surface area contributed by atoms with Gasteiger partial charge >= 0.3 is 5.97 Å². The van der Waals surface area contributed by atoms with E-state index in [2.05, 4.69) is 0 Å². The van der Waals surface area contributed by atoms with Gasteiger partial charge in [0.25, 0.3) is 0 Å². The lowest BCUT2D eigenvalue weighted by atomic mass is 10.4. The number of hydrogen-bond acceptors (Lipinski definition) is 3. The lowest BCUT2D eigenvalue weighted by molar-refractivity contribution is -0.143. The van der Waals surface area contributed by atoms with Crippen LogP contribution in [0, 0.1) is 5.41 Å². The topological polar surface area (TPSA) is 55.1 Å². The third-order valence-electron chi connectivity index (χ3n) is 1.51. The van der Waals surface area contributed by atoms with E-state index in [0.717, 1.165) is 0 Å². The Morgan fingerprint density at radius 2 is 2.15 bits per heavy atom. The lowest BCUT2D eigenvalue weighted by Crippen LogP contribution is -2.14. The Morgan fingerprint density at radius 1 is 1.54 bits per heavy atom. The molecule has 0 saturated heterocycles. The van der Waals surface area contributed by atoms with Crippen molar-refractivity contribution in [3.05, 3.63) is 29.9 Å². The predicted molar refractivity (Wildman–Crippen MR) is 46.9 cm³/mol. The fraction of sp³-hybridized carbons (Fsp3) is 0.333. The number of carbonyl (C=O) groups excluding carboxylic acids is 1. The van der Waals surface area contributed by atoms with Crippen LogP contribution in [-0.2, 0) is 16.1 Å². The van der Waals surface area contributed by atoms with Gasteiger partial charge < -0.3 is 14.7 Å². The molecule has 0 spiro atoms. The molecule has 0 aromatic carbocycles. The molecule has 0 unspecified atom stereocenters. The van der Waals surface area contributed by atoms with Crippen molar-refractivity contribution in [2.45, 2.75) is 13.5 Å². The van der Waals surface area contributed by atoms with Crippen LogP contribution in [0.4, 0.5) is 0 Å². The first kappa shape index (κ1) is 9.51. The summed E-state index contributed by atoms with van der Waals surface area (Å²) in [5, 5.41) is 7.66. The van der Waals surface area contributed by atoms with Gasteiger partial charge in [0.1, 0.15) is 6.54 Å². The summed E-state index contributed by atoms with van der Waals surface area (Å²) in [4.78, 5) is 11.0. The molecule has 13 heavy (non-hydrogen) atoms. The summed E-state index contributed by atoms with van der Waals surface area (Å²) in [6, 6.07) is 3.25. The number of carbonyl (C=O) groups is 1. The Labute approximate surface area is 76.3 Å². The molecular formula is C9H12N2O2. The molecule has 1 aromatic heterocycles. The van der Waals surface area contributed by atoms with Crippen LogP contribution in [0.25, 0.3) is 0 Å². The third kappa shape index (κ3) is 3.11. The monoisotopic (exact) mass is 180 g/mol. The van der Waals surface area contributed by atoms with E-state index in [1.165, 1.54) is 0 Å². The second-order valence-corrected chi connectivity index (χ2v) is 2.56. The summed E-state index contributed by atoms with van der Waals surface area (Å²) in [6.45, 7) is 2.37. The van der Waals surface area contributed by atoms with E-state index in [0.29, 0.717) is 12.0 Å². The molecule has 1 aromatic rings. The van der Waals surface area contributed by atoms with Crippen molar-refractivity contribution in [1.82, 2.24) is 4.57 Å². The smallest absolute Gasteiger partial charge is 0.325 e. The van der Waals surface area contributed by atoms with Crippen molar-refractivity contribution in [3.8, 4) is 0 Å². The summed E-state index contributed by atoms with van der Waals surface area (Å²) < 4.78 is 6.45.